The number of hydrogen-bond acceptors (Lipinski definition) is 7. The van der Waals surface area contributed by atoms with Gasteiger partial charge in [-0.2, -0.15) is 0 Å². The van der Waals surface area contributed by atoms with Crippen molar-refractivity contribution in [2.24, 2.45) is 0 Å². The molecule has 2 aromatic rings. The van der Waals surface area contributed by atoms with Crippen molar-refractivity contribution in [3.05, 3.63) is 5.38 Å². The molecule has 16 heavy (non-hydrogen) atoms. The van der Waals surface area contributed by atoms with Crippen molar-refractivity contribution in [3.8, 4) is 10.7 Å². The summed E-state index contributed by atoms with van der Waals surface area (Å²) in [7, 11) is 0. The number of rotatable bonds is 2. The maximum Gasteiger partial charge on any atom is 0.203 e. The fourth-order valence-corrected chi connectivity index (χ4v) is 3.26. The van der Waals surface area contributed by atoms with Gasteiger partial charge in [0.15, 0.2) is 10.1 Å². The summed E-state index contributed by atoms with van der Waals surface area (Å²) < 4.78 is 0. The molecule has 0 saturated carbocycles. The van der Waals surface area contributed by atoms with Crippen molar-refractivity contribution in [1.82, 2.24) is 15.2 Å². The molecule has 7 heteroatoms. The highest BCUT2D eigenvalue weighted by Gasteiger charge is 2.17. The van der Waals surface area contributed by atoms with E-state index in [1.54, 1.807) is 11.3 Å². The Bertz CT molecular complexity index is 486. The summed E-state index contributed by atoms with van der Waals surface area (Å²) >= 11 is 3.04. The molecule has 0 bridgehead atoms. The Labute approximate surface area is 101 Å². The van der Waals surface area contributed by atoms with Crippen LogP contribution >= 0.6 is 22.7 Å². The lowest BCUT2D eigenvalue weighted by Crippen LogP contribution is -2.17. The first kappa shape index (κ1) is 9.98. The SMILES string of the molecule is Nc1nnc(-c2csc(N3CCCC3)n2)s1. The third-order valence-electron chi connectivity index (χ3n) is 2.53. The first-order valence-corrected chi connectivity index (χ1v) is 6.82. The molecule has 0 aromatic carbocycles. The van der Waals surface area contributed by atoms with Crippen LogP contribution in [0, 0.1) is 0 Å². The van der Waals surface area contributed by atoms with Crippen molar-refractivity contribution in [1.29, 1.82) is 0 Å². The lowest BCUT2D eigenvalue weighted by molar-refractivity contribution is 0.949. The Morgan fingerprint density at radius 1 is 1.25 bits per heavy atom. The number of aromatic nitrogens is 3. The second kappa shape index (κ2) is 3.99. The lowest BCUT2D eigenvalue weighted by Gasteiger charge is -2.11. The molecule has 1 aliphatic heterocycles. The number of nitrogens with zero attached hydrogens (tertiary/aromatic N) is 4. The molecule has 1 fully saturated rings. The number of thiazole rings is 1. The summed E-state index contributed by atoms with van der Waals surface area (Å²) in [5.41, 5.74) is 6.44. The Morgan fingerprint density at radius 3 is 2.75 bits per heavy atom. The number of nitrogen functional groups attached to an aromatic ring is 1. The van der Waals surface area contributed by atoms with Crippen molar-refractivity contribution < 1.29 is 0 Å². The molecule has 0 spiro atoms. The van der Waals surface area contributed by atoms with E-state index in [0.29, 0.717) is 5.13 Å². The van der Waals surface area contributed by atoms with Gasteiger partial charge in [0.2, 0.25) is 5.13 Å². The van der Waals surface area contributed by atoms with Gasteiger partial charge in [0.25, 0.3) is 0 Å². The lowest BCUT2D eigenvalue weighted by atomic mass is 10.4. The molecule has 84 valence electrons. The van der Waals surface area contributed by atoms with Crippen LogP contribution in [0.4, 0.5) is 10.3 Å². The predicted octanol–water partition coefficient (Wildman–Crippen LogP) is 1.84. The fourth-order valence-electron chi connectivity index (χ4n) is 1.75. The molecule has 5 nitrogen and oxygen atoms in total. The van der Waals surface area contributed by atoms with Crippen LogP contribution in [0.25, 0.3) is 10.7 Å². The van der Waals surface area contributed by atoms with Crippen LogP contribution in [-0.2, 0) is 0 Å². The largest absolute Gasteiger partial charge is 0.374 e. The molecular weight excluding hydrogens is 242 g/mol. The van der Waals surface area contributed by atoms with Crippen LogP contribution in [0.15, 0.2) is 5.38 Å². The Kier molecular flexibility index (Phi) is 2.49. The van der Waals surface area contributed by atoms with Gasteiger partial charge >= 0.3 is 0 Å². The molecule has 0 atom stereocenters. The van der Waals surface area contributed by atoms with Gasteiger partial charge in [-0.25, -0.2) is 4.98 Å². The minimum Gasteiger partial charge on any atom is -0.374 e. The van der Waals surface area contributed by atoms with Gasteiger partial charge in [-0.05, 0) is 12.8 Å². The van der Waals surface area contributed by atoms with Crippen LogP contribution in [0.3, 0.4) is 0 Å². The second-order valence-corrected chi connectivity index (χ2v) is 5.50. The third-order valence-corrected chi connectivity index (χ3v) is 4.20. The molecule has 1 aliphatic rings. The Balaban J connectivity index is 1.87. The number of anilines is 2. The summed E-state index contributed by atoms with van der Waals surface area (Å²) in [6.45, 7) is 2.23. The molecule has 1 saturated heterocycles. The van der Waals surface area contributed by atoms with E-state index in [1.807, 2.05) is 5.38 Å². The van der Waals surface area contributed by atoms with E-state index in [9.17, 15) is 0 Å². The van der Waals surface area contributed by atoms with Gasteiger partial charge in [0, 0.05) is 18.5 Å². The summed E-state index contributed by atoms with van der Waals surface area (Å²) in [5.74, 6) is 0. The molecule has 0 aliphatic carbocycles. The Hall–Kier alpha value is -1.21. The molecule has 0 unspecified atom stereocenters. The molecule has 0 radical (unpaired) electrons. The zero-order valence-electron chi connectivity index (χ0n) is 8.59. The van der Waals surface area contributed by atoms with Crippen LogP contribution in [0.5, 0.6) is 0 Å². The zero-order valence-corrected chi connectivity index (χ0v) is 10.2. The molecule has 0 amide bonds. The van der Waals surface area contributed by atoms with Gasteiger partial charge in [0.1, 0.15) is 5.69 Å². The molecule has 2 N–H and O–H groups in total. The van der Waals surface area contributed by atoms with Crippen molar-refractivity contribution in [2.45, 2.75) is 12.8 Å². The summed E-state index contributed by atoms with van der Waals surface area (Å²) in [4.78, 5) is 6.89. The third kappa shape index (κ3) is 1.76. The number of nitrogens with two attached hydrogens (primary N) is 1. The normalized spacial score (nSPS) is 15.9. The number of hydrogen-bond donors (Lipinski definition) is 1. The van der Waals surface area contributed by atoms with Gasteiger partial charge in [-0.1, -0.05) is 11.3 Å². The highest BCUT2D eigenvalue weighted by atomic mass is 32.1. The van der Waals surface area contributed by atoms with Gasteiger partial charge < -0.3 is 10.6 Å². The van der Waals surface area contributed by atoms with Gasteiger partial charge in [-0.15, -0.1) is 21.5 Å². The maximum absolute atomic E-state index is 5.56. The predicted molar refractivity (Wildman–Crippen MR) is 66.9 cm³/mol. The van der Waals surface area contributed by atoms with Crippen LogP contribution < -0.4 is 10.6 Å². The van der Waals surface area contributed by atoms with Crippen LogP contribution in [0.1, 0.15) is 12.8 Å². The smallest absolute Gasteiger partial charge is 0.203 e. The van der Waals surface area contributed by atoms with E-state index in [4.69, 9.17) is 5.73 Å². The summed E-state index contributed by atoms with van der Waals surface area (Å²) in [6, 6.07) is 0. The highest BCUT2D eigenvalue weighted by Crippen LogP contribution is 2.31. The highest BCUT2D eigenvalue weighted by molar-refractivity contribution is 7.19. The van der Waals surface area contributed by atoms with E-state index >= 15 is 0 Å². The van der Waals surface area contributed by atoms with Crippen molar-refractivity contribution in [3.63, 3.8) is 0 Å². The monoisotopic (exact) mass is 253 g/mol. The molecule has 2 aromatic heterocycles. The minimum absolute atomic E-state index is 0.491. The van der Waals surface area contributed by atoms with Crippen molar-refractivity contribution in [2.75, 3.05) is 23.7 Å². The van der Waals surface area contributed by atoms with E-state index in [1.165, 1.54) is 24.2 Å². The first-order valence-electron chi connectivity index (χ1n) is 5.13. The zero-order chi connectivity index (χ0) is 11.0. The van der Waals surface area contributed by atoms with E-state index < -0.39 is 0 Å². The fraction of sp³-hybridized carbons (Fsp3) is 0.444. The van der Waals surface area contributed by atoms with Crippen LogP contribution in [0.2, 0.25) is 0 Å². The van der Waals surface area contributed by atoms with Crippen LogP contribution in [-0.4, -0.2) is 28.3 Å². The average Bonchev–Trinajstić information content (AvgIpc) is 2.97. The summed E-state index contributed by atoms with van der Waals surface area (Å²) in [5, 5.41) is 12.2. The topological polar surface area (TPSA) is 67.9 Å². The molecule has 3 heterocycles. The standard InChI is InChI=1S/C9H11N5S2/c10-8-13-12-7(16-8)6-5-15-9(11-6)14-3-1-2-4-14/h5H,1-4H2,(H2,10,13). The average molecular weight is 253 g/mol. The van der Waals surface area contributed by atoms with E-state index in [-0.39, 0.29) is 0 Å². The van der Waals surface area contributed by atoms with Gasteiger partial charge in [-0.3, -0.25) is 0 Å². The molecule has 3 rings (SSSR count). The quantitative estimate of drug-likeness (QED) is 0.884. The second-order valence-electron chi connectivity index (χ2n) is 3.65. The minimum atomic E-state index is 0.491. The molecular formula is C9H11N5S2. The summed E-state index contributed by atoms with van der Waals surface area (Å²) in [6.07, 6.45) is 2.53. The van der Waals surface area contributed by atoms with E-state index in [2.05, 4.69) is 20.1 Å². The van der Waals surface area contributed by atoms with Crippen molar-refractivity contribution >= 4 is 32.9 Å². The van der Waals surface area contributed by atoms with Gasteiger partial charge in [0.05, 0.1) is 0 Å². The Morgan fingerprint density at radius 2 is 2.06 bits per heavy atom. The maximum atomic E-state index is 5.56. The first-order chi connectivity index (χ1) is 7.83. The van der Waals surface area contributed by atoms with E-state index in [0.717, 1.165) is 28.9 Å².